The third-order valence-electron chi connectivity index (χ3n) is 9.10. The summed E-state index contributed by atoms with van der Waals surface area (Å²) >= 11 is 0. The average Bonchev–Trinajstić information content (AvgIpc) is 3.58. The van der Waals surface area contributed by atoms with Crippen LogP contribution >= 0.6 is 0 Å². The van der Waals surface area contributed by atoms with Gasteiger partial charge in [-0.05, 0) is 82.2 Å². The van der Waals surface area contributed by atoms with E-state index >= 15 is 4.39 Å². The van der Waals surface area contributed by atoms with E-state index in [4.69, 9.17) is 15.9 Å². The first-order chi connectivity index (χ1) is 21.4. The van der Waals surface area contributed by atoms with Gasteiger partial charge in [0.1, 0.15) is 40.6 Å². The summed E-state index contributed by atoms with van der Waals surface area (Å²) in [6.45, 7) is 6.28. The van der Waals surface area contributed by atoms with E-state index in [2.05, 4.69) is 36.4 Å². The van der Waals surface area contributed by atoms with E-state index in [1.165, 1.54) is 24.3 Å². The lowest BCUT2D eigenvalue weighted by molar-refractivity contribution is 0.108. The predicted octanol–water partition coefficient (Wildman–Crippen LogP) is 4.99. The quantitative estimate of drug-likeness (QED) is 0.280. The number of aromatic nitrogens is 3. The average molecular weight is 601 g/mol. The van der Waals surface area contributed by atoms with Crippen LogP contribution in [-0.4, -0.2) is 75.9 Å². The highest BCUT2D eigenvalue weighted by molar-refractivity contribution is 6.04. The van der Waals surface area contributed by atoms with Crippen LogP contribution in [0.1, 0.15) is 44.6 Å². The maximum absolute atomic E-state index is 16.9. The van der Waals surface area contributed by atoms with Crippen molar-refractivity contribution in [3.63, 3.8) is 0 Å². The van der Waals surface area contributed by atoms with Gasteiger partial charge in [-0.25, -0.2) is 13.8 Å². The molecule has 0 radical (unpaired) electrons. The van der Waals surface area contributed by atoms with Crippen LogP contribution in [0.25, 0.3) is 32.9 Å². The van der Waals surface area contributed by atoms with Crippen LogP contribution < -0.4 is 20.1 Å². The van der Waals surface area contributed by atoms with Gasteiger partial charge in [-0.1, -0.05) is 12.0 Å². The van der Waals surface area contributed by atoms with Crippen LogP contribution in [0.15, 0.2) is 24.3 Å². The summed E-state index contributed by atoms with van der Waals surface area (Å²) in [5.41, 5.74) is -0.229. The lowest BCUT2D eigenvalue weighted by atomic mass is 9.95. The summed E-state index contributed by atoms with van der Waals surface area (Å²) in [6, 6.07) is 5.53. The Labute approximate surface area is 254 Å². The number of terminal acetylenes is 1. The molecular weight excluding hydrogens is 566 g/mol. The summed E-state index contributed by atoms with van der Waals surface area (Å²) in [7, 11) is 0. The van der Waals surface area contributed by atoms with Crippen molar-refractivity contribution in [1.82, 2.24) is 25.2 Å². The highest BCUT2D eigenvalue weighted by Crippen LogP contribution is 2.42. The Balaban J connectivity index is 1.44. The molecule has 4 aromatic rings. The van der Waals surface area contributed by atoms with Gasteiger partial charge in [0.15, 0.2) is 5.82 Å². The fraction of sp³-hybridized carbons (Fsp3) is 0.424. The maximum Gasteiger partial charge on any atom is 0.319 e. The number of hydrogen-bond acceptors (Lipinski definition) is 9. The molecule has 44 heavy (non-hydrogen) atoms. The molecule has 1 unspecified atom stereocenters. The molecule has 9 nitrogen and oxygen atoms in total. The van der Waals surface area contributed by atoms with E-state index in [1.54, 1.807) is 0 Å². The monoisotopic (exact) mass is 600 g/mol. The zero-order valence-corrected chi connectivity index (χ0v) is 24.6. The Kier molecular flexibility index (Phi) is 7.34. The van der Waals surface area contributed by atoms with Crippen molar-refractivity contribution in [3.8, 4) is 41.2 Å². The zero-order chi connectivity index (χ0) is 30.4. The molecule has 5 heterocycles. The van der Waals surface area contributed by atoms with Crippen LogP contribution in [0.2, 0.25) is 0 Å². The molecule has 2 saturated heterocycles. The number of aromatic hydroxyl groups is 1. The lowest BCUT2D eigenvalue weighted by Crippen LogP contribution is -2.43. The normalized spacial score (nSPS) is 20.0. The smallest absolute Gasteiger partial charge is 0.319 e. The fourth-order valence-electron chi connectivity index (χ4n) is 6.94. The number of halogens is 2. The summed E-state index contributed by atoms with van der Waals surface area (Å²) in [6.07, 6.45) is 10.4. The molecule has 0 aliphatic carbocycles. The van der Waals surface area contributed by atoms with Crippen molar-refractivity contribution >= 4 is 27.5 Å². The Morgan fingerprint density at radius 2 is 1.93 bits per heavy atom. The minimum atomic E-state index is -0.788. The van der Waals surface area contributed by atoms with E-state index in [-0.39, 0.29) is 62.4 Å². The number of phenolic OH excluding ortho intramolecular Hbond substituents is 1. The van der Waals surface area contributed by atoms with Gasteiger partial charge < -0.3 is 25.2 Å². The fourth-order valence-corrected chi connectivity index (χ4v) is 6.94. The van der Waals surface area contributed by atoms with Crippen molar-refractivity contribution in [3.05, 3.63) is 41.5 Å². The van der Waals surface area contributed by atoms with Crippen molar-refractivity contribution in [2.75, 3.05) is 44.6 Å². The second-order valence-corrected chi connectivity index (χ2v) is 11.9. The third-order valence-corrected chi connectivity index (χ3v) is 9.10. The molecule has 0 amide bonds. The van der Waals surface area contributed by atoms with Crippen LogP contribution in [0.5, 0.6) is 17.6 Å². The van der Waals surface area contributed by atoms with Gasteiger partial charge in [-0.3, -0.25) is 4.90 Å². The first-order valence-electron chi connectivity index (χ1n) is 15.2. The SMILES string of the molecule is C#Cc1c(F)ccc2cc(O)cc(-c3nc4c5c(nc(OCC67CCCN6CCC7)nc5c3F)NCCNCCC(C)O4)c12. The lowest BCUT2D eigenvalue weighted by Gasteiger charge is -2.31. The van der Waals surface area contributed by atoms with Crippen LogP contribution in [0, 0.1) is 24.0 Å². The third kappa shape index (κ3) is 4.92. The standard InChI is InChI=1S/C33H34F2N6O3/c1-3-22-24(34)7-6-20-16-21(42)17-23(25(20)22)28-27(35)29-26-30(37-13-12-36-11-8-19(2)44-31(26)38-28)40-32(39-29)43-18-33-9-4-14-41(33)15-5-10-33/h1,6-7,16-17,19,36,42H,4-5,8-15,18H2,2H3,(H,37,39,40). The van der Waals surface area contributed by atoms with E-state index in [9.17, 15) is 9.50 Å². The van der Waals surface area contributed by atoms with Gasteiger partial charge in [0.25, 0.3) is 0 Å². The molecular formula is C33H34F2N6O3. The molecule has 2 aromatic carbocycles. The highest BCUT2D eigenvalue weighted by atomic mass is 19.1. The van der Waals surface area contributed by atoms with Gasteiger partial charge >= 0.3 is 6.01 Å². The molecule has 0 bridgehead atoms. The number of rotatable bonds is 4. The molecule has 7 rings (SSSR count). The highest BCUT2D eigenvalue weighted by Gasteiger charge is 2.45. The Morgan fingerprint density at radius 1 is 1.11 bits per heavy atom. The molecule has 2 aromatic heterocycles. The molecule has 3 N–H and O–H groups in total. The van der Waals surface area contributed by atoms with Crippen molar-refractivity contribution < 1.29 is 23.4 Å². The summed E-state index contributed by atoms with van der Waals surface area (Å²) < 4.78 is 44.3. The Morgan fingerprint density at radius 3 is 2.73 bits per heavy atom. The topological polar surface area (TPSA) is 105 Å². The Hall–Kier alpha value is -4.27. The second kappa shape index (κ2) is 11.3. The number of nitrogens with zero attached hydrogens (tertiary/aromatic N) is 4. The second-order valence-electron chi connectivity index (χ2n) is 11.9. The molecule has 3 aliphatic rings. The first kappa shape index (κ1) is 28.5. The van der Waals surface area contributed by atoms with E-state index in [0.717, 1.165) is 38.8 Å². The summed E-state index contributed by atoms with van der Waals surface area (Å²) in [4.78, 5) is 16.4. The number of anilines is 1. The zero-order valence-electron chi connectivity index (χ0n) is 24.6. The van der Waals surface area contributed by atoms with Crippen LogP contribution in [0.3, 0.4) is 0 Å². The molecule has 1 atom stereocenters. The number of hydrogen-bond donors (Lipinski definition) is 3. The molecule has 11 heteroatoms. The number of phenols is 1. The Bertz CT molecular complexity index is 1800. The van der Waals surface area contributed by atoms with Crippen molar-refractivity contribution in [1.29, 1.82) is 0 Å². The van der Waals surface area contributed by atoms with Gasteiger partial charge in [0.2, 0.25) is 5.88 Å². The molecule has 2 fully saturated rings. The van der Waals surface area contributed by atoms with Gasteiger partial charge in [0.05, 0.1) is 17.2 Å². The van der Waals surface area contributed by atoms with E-state index in [1.807, 2.05) is 6.92 Å². The number of ether oxygens (including phenoxy) is 2. The molecule has 0 spiro atoms. The van der Waals surface area contributed by atoms with Crippen molar-refractivity contribution in [2.45, 2.75) is 50.7 Å². The number of pyridine rings is 1. The number of fused-ring (bicyclic) bond motifs is 2. The van der Waals surface area contributed by atoms with Crippen LogP contribution in [-0.2, 0) is 0 Å². The number of nitrogens with one attached hydrogen (secondary N) is 2. The number of benzene rings is 2. The summed E-state index contributed by atoms with van der Waals surface area (Å²) in [5, 5.41) is 18.2. The summed E-state index contributed by atoms with van der Waals surface area (Å²) in [5.74, 6) is 1.27. The first-order valence-corrected chi connectivity index (χ1v) is 15.2. The maximum atomic E-state index is 16.9. The largest absolute Gasteiger partial charge is 0.508 e. The molecule has 228 valence electrons. The van der Waals surface area contributed by atoms with Crippen molar-refractivity contribution in [2.24, 2.45) is 0 Å². The van der Waals surface area contributed by atoms with Gasteiger partial charge in [0, 0.05) is 24.0 Å². The molecule has 0 saturated carbocycles. The van der Waals surface area contributed by atoms with Crippen LogP contribution in [0.4, 0.5) is 14.6 Å². The predicted molar refractivity (Wildman–Crippen MR) is 164 cm³/mol. The van der Waals surface area contributed by atoms with E-state index < -0.39 is 11.6 Å². The van der Waals surface area contributed by atoms with Gasteiger partial charge in [-0.2, -0.15) is 9.97 Å². The van der Waals surface area contributed by atoms with Gasteiger partial charge in [-0.15, -0.1) is 6.42 Å². The molecule has 3 aliphatic heterocycles. The van der Waals surface area contributed by atoms with E-state index in [0.29, 0.717) is 43.9 Å². The minimum absolute atomic E-state index is 0.0436. The minimum Gasteiger partial charge on any atom is -0.508 e.